The predicted molar refractivity (Wildman–Crippen MR) is 85.9 cm³/mol. The van der Waals surface area contributed by atoms with Crippen molar-refractivity contribution in [2.45, 2.75) is 0 Å². The Bertz CT molecular complexity index is 697. The second-order valence-electron chi connectivity index (χ2n) is 4.27. The molecule has 0 saturated carbocycles. The molecule has 3 nitrogen and oxygen atoms in total. The molecule has 0 atom stereocenters. The zero-order chi connectivity index (χ0) is 15.4. The molecule has 0 fully saturated rings. The molecule has 1 amide bonds. The van der Waals surface area contributed by atoms with Gasteiger partial charge in [-0.05, 0) is 23.8 Å². The molecule has 0 radical (unpaired) electrons. The molecule has 0 spiro atoms. The molecular formula is C16H13Cl2NO2. The first-order valence-electron chi connectivity index (χ1n) is 6.13. The molecule has 0 unspecified atom stereocenters. The Labute approximate surface area is 132 Å². The van der Waals surface area contributed by atoms with Gasteiger partial charge in [-0.15, -0.1) is 0 Å². The largest absolute Gasteiger partial charge is 0.495 e. The number of primary amides is 1. The molecule has 0 heterocycles. The summed E-state index contributed by atoms with van der Waals surface area (Å²) in [5, 5.41) is 0.803. The molecule has 2 aromatic carbocycles. The molecule has 5 heteroatoms. The fourth-order valence-electron chi connectivity index (χ4n) is 1.99. The molecule has 0 aromatic heterocycles. The van der Waals surface area contributed by atoms with Crippen molar-refractivity contribution in [1.82, 2.24) is 0 Å². The summed E-state index contributed by atoms with van der Waals surface area (Å²) in [6.07, 6.45) is 0. The number of hydrogen-bond donors (Lipinski definition) is 1. The monoisotopic (exact) mass is 321 g/mol. The van der Waals surface area contributed by atoms with Crippen LogP contribution in [0.3, 0.4) is 0 Å². The van der Waals surface area contributed by atoms with Gasteiger partial charge in [0.15, 0.2) is 0 Å². The van der Waals surface area contributed by atoms with Gasteiger partial charge in [0.25, 0.3) is 5.91 Å². The standard InChI is InChI=1S/C16H13Cl2NO2/c1-21-15(11-7-8-12(17)13(18)9-11)14(16(19)20)10-5-3-2-4-6-10/h2-9H,1H3,(H2,19,20). The van der Waals surface area contributed by atoms with E-state index in [2.05, 4.69) is 0 Å². The smallest absolute Gasteiger partial charge is 0.253 e. The van der Waals surface area contributed by atoms with E-state index in [1.165, 1.54) is 7.11 Å². The van der Waals surface area contributed by atoms with E-state index in [0.717, 1.165) is 0 Å². The van der Waals surface area contributed by atoms with Crippen LogP contribution in [-0.4, -0.2) is 13.0 Å². The van der Waals surface area contributed by atoms with Gasteiger partial charge in [0.05, 0.1) is 22.7 Å². The lowest BCUT2D eigenvalue weighted by atomic mass is 10.0. The number of carbonyl (C=O) groups excluding carboxylic acids is 1. The minimum Gasteiger partial charge on any atom is -0.495 e. The van der Waals surface area contributed by atoms with Crippen LogP contribution in [0.15, 0.2) is 48.5 Å². The summed E-state index contributed by atoms with van der Waals surface area (Å²) in [7, 11) is 1.48. The van der Waals surface area contributed by atoms with E-state index in [1.807, 2.05) is 18.2 Å². The highest BCUT2D eigenvalue weighted by Crippen LogP contribution is 2.31. The van der Waals surface area contributed by atoms with Gasteiger partial charge in [-0.1, -0.05) is 53.5 Å². The summed E-state index contributed by atoms with van der Waals surface area (Å²) in [6.45, 7) is 0. The van der Waals surface area contributed by atoms with Gasteiger partial charge < -0.3 is 10.5 Å². The Morgan fingerprint density at radius 1 is 1.00 bits per heavy atom. The van der Waals surface area contributed by atoms with Crippen LogP contribution in [0.5, 0.6) is 0 Å². The molecule has 0 saturated heterocycles. The van der Waals surface area contributed by atoms with Crippen LogP contribution in [0.1, 0.15) is 11.1 Å². The molecule has 2 N–H and O–H groups in total. The number of ether oxygens (including phenoxy) is 1. The highest BCUT2D eigenvalue weighted by Gasteiger charge is 2.18. The van der Waals surface area contributed by atoms with Crippen molar-refractivity contribution in [3.63, 3.8) is 0 Å². The molecule has 21 heavy (non-hydrogen) atoms. The summed E-state index contributed by atoms with van der Waals surface area (Å²) < 4.78 is 5.39. The van der Waals surface area contributed by atoms with Crippen molar-refractivity contribution < 1.29 is 9.53 Å². The molecule has 0 aliphatic heterocycles. The van der Waals surface area contributed by atoms with E-state index in [-0.39, 0.29) is 5.57 Å². The van der Waals surface area contributed by atoms with E-state index in [4.69, 9.17) is 33.7 Å². The lowest BCUT2D eigenvalue weighted by Crippen LogP contribution is -2.15. The lowest BCUT2D eigenvalue weighted by molar-refractivity contribution is -0.112. The Hall–Kier alpha value is -1.97. The molecule has 0 aliphatic rings. The van der Waals surface area contributed by atoms with E-state index in [0.29, 0.717) is 26.9 Å². The third kappa shape index (κ3) is 3.38. The van der Waals surface area contributed by atoms with Gasteiger partial charge >= 0.3 is 0 Å². The fraction of sp³-hybridized carbons (Fsp3) is 0.0625. The van der Waals surface area contributed by atoms with Crippen LogP contribution < -0.4 is 5.73 Å². The van der Waals surface area contributed by atoms with Gasteiger partial charge in [0, 0.05) is 5.56 Å². The van der Waals surface area contributed by atoms with Crippen molar-refractivity contribution in [3.8, 4) is 0 Å². The minimum atomic E-state index is -0.580. The Kier molecular flexibility index (Phi) is 4.89. The molecule has 0 aliphatic carbocycles. The second kappa shape index (κ2) is 6.66. The second-order valence-corrected chi connectivity index (χ2v) is 5.08. The summed E-state index contributed by atoms with van der Waals surface area (Å²) in [6, 6.07) is 14.1. The molecule has 2 rings (SSSR count). The number of benzene rings is 2. The van der Waals surface area contributed by atoms with Crippen LogP contribution in [0.25, 0.3) is 11.3 Å². The van der Waals surface area contributed by atoms with Crippen molar-refractivity contribution in [1.29, 1.82) is 0 Å². The highest BCUT2D eigenvalue weighted by molar-refractivity contribution is 6.42. The zero-order valence-electron chi connectivity index (χ0n) is 11.3. The van der Waals surface area contributed by atoms with Gasteiger partial charge in [0.1, 0.15) is 5.76 Å². The van der Waals surface area contributed by atoms with Crippen molar-refractivity contribution in [2.24, 2.45) is 5.73 Å². The molecule has 108 valence electrons. The van der Waals surface area contributed by atoms with Crippen LogP contribution >= 0.6 is 23.2 Å². The average Bonchev–Trinajstić information content (AvgIpc) is 2.48. The Morgan fingerprint density at radius 3 is 2.19 bits per heavy atom. The number of amides is 1. The third-order valence-corrected chi connectivity index (χ3v) is 3.66. The van der Waals surface area contributed by atoms with E-state index in [1.54, 1.807) is 30.3 Å². The van der Waals surface area contributed by atoms with Gasteiger partial charge in [-0.2, -0.15) is 0 Å². The molecule has 2 aromatic rings. The first-order valence-corrected chi connectivity index (χ1v) is 6.89. The quantitative estimate of drug-likeness (QED) is 0.526. The zero-order valence-corrected chi connectivity index (χ0v) is 12.8. The first-order chi connectivity index (χ1) is 10.0. The summed E-state index contributed by atoms with van der Waals surface area (Å²) in [4.78, 5) is 11.9. The maximum absolute atomic E-state index is 11.9. The number of methoxy groups -OCH3 is 1. The van der Waals surface area contributed by atoms with Crippen molar-refractivity contribution in [3.05, 3.63) is 69.7 Å². The van der Waals surface area contributed by atoms with Crippen molar-refractivity contribution in [2.75, 3.05) is 7.11 Å². The topological polar surface area (TPSA) is 52.3 Å². The number of carbonyl (C=O) groups is 1. The Balaban J connectivity index is 2.67. The maximum atomic E-state index is 11.9. The van der Waals surface area contributed by atoms with E-state index >= 15 is 0 Å². The normalized spacial score (nSPS) is 11.8. The summed E-state index contributed by atoms with van der Waals surface area (Å²) in [5.41, 5.74) is 7.11. The van der Waals surface area contributed by atoms with Crippen LogP contribution in [0.2, 0.25) is 10.0 Å². The lowest BCUT2D eigenvalue weighted by Gasteiger charge is -2.13. The highest BCUT2D eigenvalue weighted by atomic mass is 35.5. The number of hydrogen-bond acceptors (Lipinski definition) is 2. The number of nitrogens with two attached hydrogens (primary N) is 1. The first kappa shape index (κ1) is 15.4. The molecule has 0 bridgehead atoms. The van der Waals surface area contributed by atoms with E-state index in [9.17, 15) is 4.79 Å². The minimum absolute atomic E-state index is 0.288. The number of halogens is 2. The van der Waals surface area contributed by atoms with Crippen molar-refractivity contribution >= 4 is 40.4 Å². The average molecular weight is 322 g/mol. The van der Waals surface area contributed by atoms with Crippen LogP contribution in [-0.2, 0) is 9.53 Å². The van der Waals surface area contributed by atoms with Gasteiger partial charge in [0.2, 0.25) is 0 Å². The van der Waals surface area contributed by atoms with Crippen LogP contribution in [0.4, 0.5) is 0 Å². The SMILES string of the molecule is COC(=C(C(N)=O)c1ccccc1)c1ccc(Cl)c(Cl)c1. The maximum Gasteiger partial charge on any atom is 0.253 e. The Morgan fingerprint density at radius 2 is 1.67 bits per heavy atom. The van der Waals surface area contributed by atoms with Gasteiger partial charge in [-0.3, -0.25) is 4.79 Å². The van der Waals surface area contributed by atoms with Crippen LogP contribution in [0, 0.1) is 0 Å². The summed E-state index contributed by atoms with van der Waals surface area (Å²) >= 11 is 11.9. The fourth-order valence-corrected chi connectivity index (χ4v) is 2.29. The summed E-state index contributed by atoms with van der Waals surface area (Å²) in [5.74, 6) is -0.226. The predicted octanol–water partition coefficient (Wildman–Crippen LogP) is 3.99. The third-order valence-electron chi connectivity index (χ3n) is 2.92. The van der Waals surface area contributed by atoms with Gasteiger partial charge in [-0.25, -0.2) is 0 Å². The van der Waals surface area contributed by atoms with E-state index < -0.39 is 5.91 Å². The number of rotatable bonds is 4. The molecular weight excluding hydrogens is 309 g/mol.